The summed E-state index contributed by atoms with van der Waals surface area (Å²) < 4.78 is 5.26. The third kappa shape index (κ3) is 4.08. The first-order valence-electron chi connectivity index (χ1n) is 9.52. The van der Waals surface area contributed by atoms with Crippen molar-refractivity contribution < 1.29 is 14.4 Å². The van der Waals surface area contributed by atoms with Crippen LogP contribution in [0.5, 0.6) is 5.75 Å². The minimum atomic E-state index is -0.512. The van der Waals surface area contributed by atoms with Gasteiger partial charge in [0.05, 0.1) is 12.8 Å². The molecule has 1 amide bonds. The predicted molar refractivity (Wildman–Crippen MR) is 107 cm³/mol. The molecule has 1 aromatic heterocycles. The number of hydrogen-bond acceptors (Lipinski definition) is 6. The lowest BCUT2D eigenvalue weighted by Crippen LogP contribution is -2.51. The number of aromatic nitrogens is 1. The van der Waals surface area contributed by atoms with Crippen LogP contribution in [-0.2, 0) is 16.1 Å². The summed E-state index contributed by atoms with van der Waals surface area (Å²) in [5.74, 6) is 1.79. The average Bonchev–Trinajstić information content (AvgIpc) is 3.22. The number of carbonyl (C=O) groups excluding carboxylic acids is 1. The molecule has 2 aliphatic rings. The summed E-state index contributed by atoms with van der Waals surface area (Å²) in [5, 5.41) is 4.15. The van der Waals surface area contributed by atoms with E-state index in [1.54, 1.807) is 13.3 Å². The summed E-state index contributed by atoms with van der Waals surface area (Å²) in [7, 11) is 1.65. The van der Waals surface area contributed by atoms with Crippen LogP contribution in [0.2, 0.25) is 0 Å². The summed E-state index contributed by atoms with van der Waals surface area (Å²) in [5.41, 5.74) is 1.98. The van der Waals surface area contributed by atoms with Crippen molar-refractivity contribution in [2.75, 3.05) is 38.2 Å². The van der Waals surface area contributed by atoms with E-state index in [9.17, 15) is 4.79 Å². The number of pyridine rings is 1. The maximum Gasteiger partial charge on any atom is 0.267 e. The Hall–Kier alpha value is -3.09. The van der Waals surface area contributed by atoms with E-state index < -0.39 is 6.10 Å². The van der Waals surface area contributed by atoms with E-state index in [1.165, 1.54) is 0 Å². The van der Waals surface area contributed by atoms with E-state index in [-0.39, 0.29) is 5.91 Å². The van der Waals surface area contributed by atoms with Gasteiger partial charge in [0.2, 0.25) is 6.10 Å². The lowest BCUT2D eigenvalue weighted by molar-refractivity contribution is -0.142. The highest BCUT2D eigenvalue weighted by Crippen LogP contribution is 2.20. The van der Waals surface area contributed by atoms with Crippen molar-refractivity contribution in [1.29, 1.82) is 0 Å². The molecule has 2 aromatic rings. The molecule has 0 saturated carbocycles. The van der Waals surface area contributed by atoms with E-state index in [4.69, 9.17) is 9.57 Å². The molecule has 146 valence electrons. The van der Waals surface area contributed by atoms with Crippen LogP contribution in [0.3, 0.4) is 0 Å². The van der Waals surface area contributed by atoms with Gasteiger partial charge < -0.3 is 19.4 Å². The second-order valence-corrected chi connectivity index (χ2v) is 6.98. The fraction of sp³-hybridized carbons (Fsp3) is 0.381. The van der Waals surface area contributed by atoms with Crippen LogP contribution in [0.15, 0.2) is 53.8 Å². The number of ether oxygens (including phenoxy) is 1. The number of hydrogen-bond donors (Lipinski definition) is 0. The largest absolute Gasteiger partial charge is 0.497 e. The van der Waals surface area contributed by atoms with Gasteiger partial charge in [0, 0.05) is 45.2 Å². The van der Waals surface area contributed by atoms with Gasteiger partial charge in [-0.2, -0.15) is 0 Å². The first-order chi connectivity index (χ1) is 13.7. The van der Waals surface area contributed by atoms with Gasteiger partial charge in [0.25, 0.3) is 5.91 Å². The smallest absolute Gasteiger partial charge is 0.267 e. The molecule has 7 nitrogen and oxygen atoms in total. The molecular formula is C21H24N4O3. The molecular weight excluding hydrogens is 356 g/mol. The molecule has 0 radical (unpaired) electrons. The maximum absolute atomic E-state index is 12.8. The van der Waals surface area contributed by atoms with Gasteiger partial charge in [0.1, 0.15) is 11.6 Å². The highest BCUT2D eigenvalue weighted by molar-refractivity contribution is 5.94. The van der Waals surface area contributed by atoms with E-state index in [0.717, 1.165) is 35.9 Å². The molecule has 2 aliphatic heterocycles. The Morgan fingerprint density at radius 1 is 1.18 bits per heavy atom. The van der Waals surface area contributed by atoms with Gasteiger partial charge in [0.15, 0.2) is 0 Å². The third-order valence-electron chi connectivity index (χ3n) is 5.11. The number of amides is 1. The monoisotopic (exact) mass is 380 g/mol. The molecule has 0 spiro atoms. The minimum Gasteiger partial charge on any atom is -0.497 e. The number of nitrogens with zero attached hydrogens (tertiary/aromatic N) is 4. The summed E-state index contributed by atoms with van der Waals surface area (Å²) >= 11 is 0. The Labute approximate surface area is 164 Å². The Balaban J connectivity index is 1.28. The van der Waals surface area contributed by atoms with Gasteiger partial charge in [-0.1, -0.05) is 23.4 Å². The predicted octanol–water partition coefficient (Wildman–Crippen LogP) is 2.13. The number of anilines is 1. The van der Waals surface area contributed by atoms with E-state index in [0.29, 0.717) is 25.9 Å². The Kier molecular flexibility index (Phi) is 5.41. The number of rotatable bonds is 5. The molecule has 3 heterocycles. The molecule has 7 heteroatoms. The molecule has 1 aromatic carbocycles. The molecule has 0 aliphatic carbocycles. The van der Waals surface area contributed by atoms with Crippen molar-refractivity contribution in [2.24, 2.45) is 5.16 Å². The van der Waals surface area contributed by atoms with Crippen LogP contribution < -0.4 is 9.64 Å². The number of oxime groups is 1. The normalized spacial score (nSPS) is 19.2. The molecule has 1 saturated heterocycles. The van der Waals surface area contributed by atoms with Crippen molar-refractivity contribution in [3.05, 3.63) is 54.2 Å². The highest BCUT2D eigenvalue weighted by atomic mass is 16.6. The van der Waals surface area contributed by atoms with Crippen LogP contribution in [0.1, 0.15) is 12.0 Å². The average molecular weight is 380 g/mol. The summed E-state index contributed by atoms with van der Waals surface area (Å²) in [6.45, 7) is 2.88. The van der Waals surface area contributed by atoms with Crippen molar-refractivity contribution in [2.45, 2.75) is 18.9 Å². The maximum atomic E-state index is 12.8. The standard InChI is InChI=1S/C21H24N4O3/c1-27-18-6-4-5-16(14-18)13-17-15-19(28-23-17)21(26)25-11-9-24(10-12-25)20-7-2-3-8-22-20/h2-8,14,19H,9-13,15H2,1H3. The van der Waals surface area contributed by atoms with Gasteiger partial charge in [-0.3, -0.25) is 4.79 Å². The first kappa shape index (κ1) is 18.3. The molecule has 1 fully saturated rings. The summed E-state index contributed by atoms with van der Waals surface area (Å²) in [6, 6.07) is 13.8. The Morgan fingerprint density at radius 2 is 2.04 bits per heavy atom. The fourth-order valence-electron chi connectivity index (χ4n) is 3.58. The number of methoxy groups -OCH3 is 1. The number of carbonyl (C=O) groups is 1. The molecule has 28 heavy (non-hydrogen) atoms. The van der Waals surface area contributed by atoms with E-state index in [2.05, 4.69) is 15.0 Å². The van der Waals surface area contributed by atoms with Gasteiger partial charge in [-0.15, -0.1) is 0 Å². The Bertz CT molecular complexity index is 848. The lowest BCUT2D eigenvalue weighted by atomic mass is 10.0. The molecule has 1 unspecified atom stereocenters. The van der Waals surface area contributed by atoms with Crippen molar-refractivity contribution in [1.82, 2.24) is 9.88 Å². The second-order valence-electron chi connectivity index (χ2n) is 6.98. The van der Waals surface area contributed by atoms with Crippen LogP contribution in [0.4, 0.5) is 5.82 Å². The van der Waals surface area contributed by atoms with Crippen LogP contribution in [0, 0.1) is 0 Å². The molecule has 0 bridgehead atoms. The van der Waals surface area contributed by atoms with Crippen molar-refractivity contribution in [3.63, 3.8) is 0 Å². The summed E-state index contributed by atoms with van der Waals surface area (Å²) in [6.07, 6.45) is 2.48. The lowest BCUT2D eigenvalue weighted by Gasteiger charge is -2.36. The molecule has 0 N–H and O–H groups in total. The van der Waals surface area contributed by atoms with Gasteiger partial charge in [-0.05, 0) is 29.8 Å². The SMILES string of the molecule is COc1cccc(CC2=NOC(C(=O)N3CCN(c4ccccn4)CC3)C2)c1. The fourth-order valence-corrected chi connectivity index (χ4v) is 3.58. The highest BCUT2D eigenvalue weighted by Gasteiger charge is 2.33. The van der Waals surface area contributed by atoms with Gasteiger partial charge in [-0.25, -0.2) is 4.98 Å². The zero-order valence-electron chi connectivity index (χ0n) is 16.0. The first-order valence-corrected chi connectivity index (χ1v) is 9.52. The second kappa shape index (κ2) is 8.29. The van der Waals surface area contributed by atoms with Crippen molar-refractivity contribution >= 4 is 17.4 Å². The molecule has 4 rings (SSSR count). The minimum absolute atomic E-state index is 0.0186. The Morgan fingerprint density at radius 3 is 2.79 bits per heavy atom. The third-order valence-corrected chi connectivity index (χ3v) is 5.11. The van der Waals surface area contributed by atoms with Crippen LogP contribution in [-0.4, -0.2) is 60.9 Å². The van der Waals surface area contributed by atoms with Gasteiger partial charge >= 0.3 is 0 Å². The van der Waals surface area contributed by atoms with E-state index >= 15 is 0 Å². The summed E-state index contributed by atoms with van der Waals surface area (Å²) in [4.78, 5) is 26.7. The molecule has 1 atom stereocenters. The quantitative estimate of drug-likeness (QED) is 0.795. The van der Waals surface area contributed by atoms with Crippen LogP contribution >= 0.6 is 0 Å². The number of benzene rings is 1. The zero-order valence-corrected chi connectivity index (χ0v) is 16.0. The zero-order chi connectivity index (χ0) is 19.3. The van der Waals surface area contributed by atoms with Crippen LogP contribution in [0.25, 0.3) is 0 Å². The topological polar surface area (TPSA) is 67.3 Å². The van der Waals surface area contributed by atoms with Crippen molar-refractivity contribution in [3.8, 4) is 5.75 Å². The number of piperazine rings is 1. The van der Waals surface area contributed by atoms with E-state index in [1.807, 2.05) is 47.4 Å².